The molecule has 12 nitrogen and oxygen atoms in total. The van der Waals surface area contributed by atoms with Crippen molar-refractivity contribution in [3.05, 3.63) is 110 Å². The third kappa shape index (κ3) is 7.65. The average molecular weight is 694 g/mol. The molecule has 0 fully saturated rings. The monoisotopic (exact) mass is 692 g/mol. The molecular formula is C29H26Cl2N4O8S2. The number of benzene rings is 4. The number of sulfonamides is 2. The highest BCUT2D eigenvalue weighted by Crippen LogP contribution is 2.36. The van der Waals surface area contributed by atoms with Crippen LogP contribution < -0.4 is 19.1 Å². The number of carbonyl (C=O) groups excluding carboxylic acids is 1. The summed E-state index contributed by atoms with van der Waals surface area (Å²) in [5.41, 5.74) is 0.853. The second-order valence-corrected chi connectivity index (χ2v) is 14.1. The van der Waals surface area contributed by atoms with Gasteiger partial charge < -0.3 is 10.1 Å². The van der Waals surface area contributed by atoms with E-state index in [2.05, 4.69) is 10.0 Å². The molecule has 0 aliphatic carbocycles. The van der Waals surface area contributed by atoms with Crippen LogP contribution in [-0.2, 0) is 24.8 Å². The Kier molecular flexibility index (Phi) is 9.92. The number of nitrogens with one attached hydrogen (secondary N) is 2. The van der Waals surface area contributed by atoms with Crippen molar-refractivity contribution in [2.24, 2.45) is 0 Å². The first-order chi connectivity index (χ1) is 21.1. The maximum atomic E-state index is 13.9. The van der Waals surface area contributed by atoms with Crippen LogP contribution >= 0.6 is 23.2 Å². The fourth-order valence-corrected chi connectivity index (χ4v) is 7.09. The normalized spacial score (nSPS) is 11.5. The van der Waals surface area contributed by atoms with Crippen LogP contribution in [0.5, 0.6) is 5.75 Å². The number of nitrogens with zero attached hydrogens (tertiary/aromatic N) is 2. The minimum absolute atomic E-state index is 0.0642. The molecule has 4 aromatic carbocycles. The summed E-state index contributed by atoms with van der Waals surface area (Å²) in [6, 6.07) is 17.5. The molecule has 1 amide bonds. The lowest BCUT2D eigenvalue weighted by atomic mass is 10.2. The Labute approximate surface area is 269 Å². The van der Waals surface area contributed by atoms with E-state index in [9.17, 15) is 31.7 Å². The van der Waals surface area contributed by atoms with Crippen LogP contribution in [0.2, 0.25) is 10.0 Å². The number of carbonyl (C=O) groups is 1. The van der Waals surface area contributed by atoms with Crippen molar-refractivity contribution in [2.45, 2.75) is 23.6 Å². The number of nitro groups is 1. The van der Waals surface area contributed by atoms with Crippen molar-refractivity contribution in [1.82, 2.24) is 0 Å². The Morgan fingerprint density at radius 3 is 2.11 bits per heavy atom. The van der Waals surface area contributed by atoms with Gasteiger partial charge in [-0.05, 0) is 80.1 Å². The molecule has 0 spiro atoms. The molecule has 4 aromatic rings. The number of anilines is 3. The van der Waals surface area contributed by atoms with E-state index < -0.39 is 48.0 Å². The van der Waals surface area contributed by atoms with Crippen LogP contribution in [0, 0.1) is 24.0 Å². The zero-order valence-electron chi connectivity index (χ0n) is 23.9. The Balaban J connectivity index is 1.63. The highest BCUT2D eigenvalue weighted by molar-refractivity contribution is 7.93. The standard InChI is InChI=1S/C29H26Cl2N4O8S2/c1-18-4-6-20(30)14-25(18)33-44(39,40)23-11-8-22(9-12-23)32-29(36)17-34(27-15-21(31)7-13-28(27)43-3)45(41,42)24-10-5-19(2)26(16-24)35(37)38/h4-16,33H,17H2,1-3H3,(H,32,36). The summed E-state index contributed by atoms with van der Waals surface area (Å²) in [7, 11) is -7.31. The molecule has 0 bridgehead atoms. The number of nitro benzene ring substituents is 1. The number of ether oxygens (including phenoxy) is 1. The van der Waals surface area contributed by atoms with Crippen LogP contribution in [0.1, 0.15) is 11.1 Å². The fourth-order valence-electron chi connectivity index (χ4n) is 4.19. The van der Waals surface area contributed by atoms with Gasteiger partial charge >= 0.3 is 0 Å². The van der Waals surface area contributed by atoms with Crippen LogP contribution in [0.25, 0.3) is 0 Å². The predicted molar refractivity (Wildman–Crippen MR) is 172 cm³/mol. The highest BCUT2D eigenvalue weighted by Gasteiger charge is 2.31. The van der Waals surface area contributed by atoms with Crippen molar-refractivity contribution in [1.29, 1.82) is 0 Å². The Morgan fingerprint density at radius 2 is 1.47 bits per heavy atom. The molecule has 4 rings (SSSR count). The zero-order valence-corrected chi connectivity index (χ0v) is 27.1. The number of halogens is 2. The zero-order chi connectivity index (χ0) is 33.1. The molecule has 0 unspecified atom stereocenters. The minimum atomic E-state index is -4.59. The van der Waals surface area contributed by atoms with Crippen molar-refractivity contribution < 1.29 is 31.3 Å². The molecule has 0 aliphatic rings. The molecular weight excluding hydrogens is 667 g/mol. The SMILES string of the molecule is COc1ccc(Cl)cc1N(CC(=O)Nc1ccc(S(=O)(=O)Nc2cc(Cl)ccc2C)cc1)S(=O)(=O)c1ccc(C)c([N+](=O)[O-])c1. The molecule has 0 atom stereocenters. The second-order valence-electron chi connectivity index (χ2n) is 9.67. The molecule has 236 valence electrons. The first-order valence-electron chi connectivity index (χ1n) is 12.9. The van der Waals surface area contributed by atoms with Gasteiger partial charge in [-0.3, -0.25) is 23.9 Å². The van der Waals surface area contributed by atoms with E-state index in [1.807, 2.05) is 0 Å². The van der Waals surface area contributed by atoms with Crippen LogP contribution in [0.4, 0.5) is 22.7 Å². The molecule has 0 radical (unpaired) electrons. The topological polar surface area (TPSA) is 165 Å². The molecule has 0 heterocycles. The van der Waals surface area contributed by atoms with Crippen molar-refractivity contribution >= 4 is 71.9 Å². The number of amides is 1. The molecule has 2 N–H and O–H groups in total. The molecule has 16 heteroatoms. The second kappa shape index (κ2) is 13.3. The quantitative estimate of drug-likeness (QED) is 0.139. The molecule has 45 heavy (non-hydrogen) atoms. The summed E-state index contributed by atoms with van der Waals surface area (Å²) in [5.74, 6) is -0.750. The summed E-state index contributed by atoms with van der Waals surface area (Å²) in [4.78, 5) is 23.5. The van der Waals surface area contributed by atoms with E-state index in [1.165, 1.54) is 74.7 Å². The molecule has 0 saturated heterocycles. The fraction of sp³-hybridized carbons (Fsp3) is 0.138. The van der Waals surface area contributed by atoms with Gasteiger partial charge in [0.2, 0.25) is 5.91 Å². The van der Waals surface area contributed by atoms with Gasteiger partial charge in [0.25, 0.3) is 25.7 Å². The lowest BCUT2D eigenvalue weighted by molar-refractivity contribution is -0.385. The maximum absolute atomic E-state index is 13.9. The Bertz CT molecular complexity index is 2010. The van der Waals surface area contributed by atoms with E-state index in [0.717, 1.165) is 10.4 Å². The highest BCUT2D eigenvalue weighted by atomic mass is 35.5. The summed E-state index contributed by atoms with van der Waals surface area (Å²) in [6.07, 6.45) is 0. The summed E-state index contributed by atoms with van der Waals surface area (Å²) < 4.78 is 62.2. The lowest BCUT2D eigenvalue weighted by Gasteiger charge is -2.26. The Hall–Kier alpha value is -4.37. The van der Waals surface area contributed by atoms with E-state index >= 15 is 0 Å². The van der Waals surface area contributed by atoms with Gasteiger partial charge in [0.15, 0.2) is 0 Å². The van der Waals surface area contributed by atoms with Gasteiger partial charge in [-0.15, -0.1) is 0 Å². The van der Waals surface area contributed by atoms with Crippen LogP contribution in [-0.4, -0.2) is 41.3 Å². The number of rotatable bonds is 11. The van der Waals surface area contributed by atoms with Gasteiger partial charge in [0, 0.05) is 27.4 Å². The number of hydrogen-bond acceptors (Lipinski definition) is 8. The maximum Gasteiger partial charge on any atom is 0.273 e. The van der Waals surface area contributed by atoms with Crippen molar-refractivity contribution in [3.8, 4) is 5.75 Å². The summed E-state index contributed by atoms with van der Waals surface area (Å²) in [6.45, 7) is 2.39. The van der Waals surface area contributed by atoms with E-state index in [1.54, 1.807) is 19.1 Å². The summed E-state index contributed by atoms with van der Waals surface area (Å²) in [5, 5.41) is 14.6. The number of methoxy groups -OCH3 is 1. The van der Waals surface area contributed by atoms with Crippen molar-refractivity contribution in [3.63, 3.8) is 0 Å². The first-order valence-corrected chi connectivity index (χ1v) is 16.6. The van der Waals surface area contributed by atoms with E-state index in [4.69, 9.17) is 27.9 Å². The third-order valence-electron chi connectivity index (χ3n) is 6.55. The Morgan fingerprint density at radius 1 is 0.867 bits per heavy atom. The van der Waals surface area contributed by atoms with Crippen LogP contribution in [0.15, 0.2) is 88.7 Å². The van der Waals surface area contributed by atoms with Crippen molar-refractivity contribution in [2.75, 3.05) is 28.0 Å². The lowest BCUT2D eigenvalue weighted by Crippen LogP contribution is -2.38. The minimum Gasteiger partial charge on any atom is -0.495 e. The first kappa shape index (κ1) is 33.5. The third-order valence-corrected chi connectivity index (χ3v) is 10.2. The van der Waals surface area contributed by atoms with Gasteiger partial charge in [-0.25, -0.2) is 16.8 Å². The van der Waals surface area contributed by atoms with Gasteiger partial charge in [-0.2, -0.15) is 0 Å². The van der Waals surface area contributed by atoms with E-state index in [-0.39, 0.29) is 32.6 Å². The van der Waals surface area contributed by atoms with Gasteiger partial charge in [0.05, 0.1) is 33.2 Å². The predicted octanol–water partition coefficient (Wildman–Crippen LogP) is 6.16. The van der Waals surface area contributed by atoms with Crippen LogP contribution in [0.3, 0.4) is 0 Å². The number of aryl methyl sites for hydroxylation is 2. The molecule has 0 aliphatic heterocycles. The smallest absolute Gasteiger partial charge is 0.273 e. The molecule has 0 saturated carbocycles. The van der Waals surface area contributed by atoms with E-state index in [0.29, 0.717) is 16.3 Å². The average Bonchev–Trinajstić information content (AvgIpc) is 2.97. The number of hydrogen-bond donors (Lipinski definition) is 2. The molecule has 0 aromatic heterocycles. The van der Waals surface area contributed by atoms with Gasteiger partial charge in [-0.1, -0.05) is 35.3 Å². The summed E-state index contributed by atoms with van der Waals surface area (Å²) >= 11 is 12.2. The largest absolute Gasteiger partial charge is 0.495 e. The van der Waals surface area contributed by atoms with Gasteiger partial charge in [0.1, 0.15) is 12.3 Å².